The van der Waals surface area contributed by atoms with Gasteiger partial charge in [0.1, 0.15) is 5.82 Å². The number of nitrogens with zero attached hydrogens (tertiary/aromatic N) is 2. The van der Waals surface area contributed by atoms with Gasteiger partial charge in [0, 0.05) is 25.9 Å². The molecule has 0 spiro atoms. The van der Waals surface area contributed by atoms with Crippen molar-refractivity contribution in [3.8, 4) is 0 Å². The summed E-state index contributed by atoms with van der Waals surface area (Å²) in [6, 6.07) is 0. The summed E-state index contributed by atoms with van der Waals surface area (Å²) >= 11 is 0. The molecule has 0 radical (unpaired) electrons. The number of hydrogen-bond acceptors (Lipinski definition) is 2. The maximum absolute atomic E-state index is 11.4. The van der Waals surface area contributed by atoms with E-state index in [4.69, 9.17) is 0 Å². The highest BCUT2D eigenvalue weighted by Crippen LogP contribution is 2.43. The summed E-state index contributed by atoms with van der Waals surface area (Å²) in [5.41, 5.74) is 0.276. The predicted molar refractivity (Wildman–Crippen MR) is 73.8 cm³/mol. The van der Waals surface area contributed by atoms with Crippen molar-refractivity contribution in [3.63, 3.8) is 0 Å². The third-order valence-corrected chi connectivity index (χ3v) is 4.49. The Kier molecular flexibility index (Phi) is 3.97. The fraction of sp³-hybridized carbons (Fsp3) is 0.733. The van der Waals surface area contributed by atoms with Gasteiger partial charge in [-0.1, -0.05) is 13.8 Å². The van der Waals surface area contributed by atoms with Crippen molar-refractivity contribution in [3.05, 3.63) is 18.2 Å². The molecule has 19 heavy (non-hydrogen) atoms. The number of hydrogen-bond donors (Lipinski definition) is 1. The van der Waals surface area contributed by atoms with Gasteiger partial charge in [0.15, 0.2) is 0 Å². The fourth-order valence-electron chi connectivity index (χ4n) is 3.32. The molecule has 106 valence electrons. The molecule has 0 saturated heterocycles. The zero-order valence-electron chi connectivity index (χ0n) is 12.1. The van der Waals surface area contributed by atoms with E-state index in [1.54, 1.807) is 6.20 Å². The van der Waals surface area contributed by atoms with Crippen LogP contribution in [0.1, 0.15) is 45.4 Å². The summed E-state index contributed by atoms with van der Waals surface area (Å²) < 4.78 is 2.02. The molecular weight excluding hydrogens is 240 g/mol. The minimum Gasteiger partial charge on any atom is -0.481 e. The third kappa shape index (κ3) is 3.37. The number of carboxylic acids is 1. The van der Waals surface area contributed by atoms with Gasteiger partial charge in [-0.3, -0.25) is 4.79 Å². The van der Waals surface area contributed by atoms with Crippen LogP contribution in [0.2, 0.25) is 0 Å². The van der Waals surface area contributed by atoms with E-state index in [0.29, 0.717) is 0 Å². The van der Waals surface area contributed by atoms with Crippen molar-refractivity contribution in [1.29, 1.82) is 0 Å². The summed E-state index contributed by atoms with van der Waals surface area (Å²) in [5, 5.41) is 9.37. The first-order valence-electron chi connectivity index (χ1n) is 7.08. The van der Waals surface area contributed by atoms with E-state index in [2.05, 4.69) is 18.8 Å². The van der Waals surface area contributed by atoms with Crippen molar-refractivity contribution < 1.29 is 9.90 Å². The highest BCUT2D eigenvalue weighted by Gasteiger charge is 2.38. The van der Waals surface area contributed by atoms with E-state index in [1.807, 2.05) is 17.8 Å². The van der Waals surface area contributed by atoms with Crippen LogP contribution in [0.15, 0.2) is 12.4 Å². The minimum absolute atomic E-state index is 0.173. The molecule has 1 aliphatic carbocycles. The van der Waals surface area contributed by atoms with Gasteiger partial charge in [-0.15, -0.1) is 0 Å². The Morgan fingerprint density at radius 3 is 2.89 bits per heavy atom. The first kappa shape index (κ1) is 14.1. The average Bonchev–Trinajstić information content (AvgIpc) is 2.70. The van der Waals surface area contributed by atoms with Crippen LogP contribution in [0, 0.1) is 17.3 Å². The van der Waals surface area contributed by atoms with E-state index >= 15 is 0 Å². The van der Waals surface area contributed by atoms with Crippen molar-refractivity contribution in [2.75, 3.05) is 0 Å². The van der Waals surface area contributed by atoms with E-state index in [1.165, 1.54) is 0 Å². The second kappa shape index (κ2) is 5.35. The van der Waals surface area contributed by atoms with Gasteiger partial charge >= 0.3 is 5.97 Å². The summed E-state index contributed by atoms with van der Waals surface area (Å²) in [4.78, 5) is 15.7. The molecule has 2 unspecified atom stereocenters. The molecule has 1 fully saturated rings. The lowest BCUT2D eigenvalue weighted by molar-refractivity contribution is -0.146. The Bertz CT molecular complexity index is 451. The molecule has 4 heteroatoms. The maximum atomic E-state index is 11.4. The van der Waals surface area contributed by atoms with Crippen LogP contribution in [0.25, 0.3) is 0 Å². The number of aliphatic carboxylic acids is 1. The summed E-state index contributed by atoms with van der Waals surface area (Å²) in [6.45, 7) is 4.50. The van der Waals surface area contributed by atoms with E-state index in [-0.39, 0.29) is 17.3 Å². The van der Waals surface area contributed by atoms with Crippen LogP contribution in [-0.4, -0.2) is 20.6 Å². The van der Waals surface area contributed by atoms with Crippen molar-refractivity contribution in [1.82, 2.24) is 9.55 Å². The smallest absolute Gasteiger partial charge is 0.306 e. The Labute approximate surface area is 114 Å². The lowest BCUT2D eigenvalue weighted by Gasteiger charge is -2.39. The van der Waals surface area contributed by atoms with Gasteiger partial charge in [0.2, 0.25) is 0 Å². The molecular formula is C15H24N2O2. The molecule has 1 aliphatic rings. The standard InChI is InChI=1S/C15H24N2O2/c1-15(2)7-6-12(14(18)19)11(10-15)4-5-13-16-8-9-17(13)3/h8-9,11-12H,4-7,10H2,1-3H3,(H,18,19). The van der Waals surface area contributed by atoms with Gasteiger partial charge in [0.25, 0.3) is 0 Å². The van der Waals surface area contributed by atoms with Crippen LogP contribution in [-0.2, 0) is 18.3 Å². The van der Waals surface area contributed by atoms with E-state index in [9.17, 15) is 9.90 Å². The lowest BCUT2D eigenvalue weighted by atomic mass is 9.66. The Morgan fingerprint density at radius 2 is 2.32 bits per heavy atom. The number of aryl methyl sites for hydroxylation is 2. The SMILES string of the molecule is Cn1ccnc1CCC1CC(C)(C)CCC1C(=O)O. The van der Waals surface area contributed by atoms with Gasteiger partial charge < -0.3 is 9.67 Å². The molecule has 4 nitrogen and oxygen atoms in total. The minimum atomic E-state index is -0.625. The second-order valence-electron chi connectivity index (χ2n) is 6.60. The molecule has 1 aromatic heterocycles. The quantitative estimate of drug-likeness (QED) is 0.909. The van der Waals surface area contributed by atoms with E-state index < -0.39 is 5.97 Å². The molecule has 0 aromatic carbocycles. The molecule has 0 aliphatic heterocycles. The number of carboxylic acid groups (broad SMARTS) is 1. The summed E-state index contributed by atoms with van der Waals surface area (Å²) in [6.07, 6.45) is 8.37. The first-order chi connectivity index (χ1) is 8.89. The van der Waals surface area contributed by atoms with Gasteiger partial charge in [-0.2, -0.15) is 0 Å². The van der Waals surface area contributed by atoms with Gasteiger partial charge in [-0.25, -0.2) is 4.98 Å². The molecule has 1 heterocycles. The van der Waals surface area contributed by atoms with Crippen LogP contribution >= 0.6 is 0 Å². The first-order valence-corrected chi connectivity index (χ1v) is 7.08. The van der Waals surface area contributed by atoms with Crippen LogP contribution in [0.3, 0.4) is 0 Å². The number of rotatable bonds is 4. The van der Waals surface area contributed by atoms with Gasteiger partial charge in [-0.05, 0) is 37.0 Å². The molecule has 1 saturated carbocycles. The fourth-order valence-corrected chi connectivity index (χ4v) is 3.32. The summed E-state index contributed by atoms with van der Waals surface area (Å²) in [7, 11) is 1.99. The Balaban J connectivity index is 2.02. The number of aromatic nitrogens is 2. The zero-order valence-corrected chi connectivity index (χ0v) is 12.1. The third-order valence-electron chi connectivity index (χ3n) is 4.49. The summed E-state index contributed by atoms with van der Waals surface area (Å²) in [5.74, 6) is 0.527. The van der Waals surface area contributed by atoms with Crippen molar-refractivity contribution in [2.45, 2.75) is 46.0 Å². The Hall–Kier alpha value is -1.32. The molecule has 2 atom stereocenters. The van der Waals surface area contributed by atoms with Crippen molar-refractivity contribution in [2.24, 2.45) is 24.3 Å². The van der Waals surface area contributed by atoms with Crippen LogP contribution in [0.4, 0.5) is 0 Å². The average molecular weight is 264 g/mol. The van der Waals surface area contributed by atoms with E-state index in [0.717, 1.165) is 37.9 Å². The molecule has 1 N–H and O–H groups in total. The topological polar surface area (TPSA) is 55.1 Å². The normalized spacial score (nSPS) is 26.3. The monoisotopic (exact) mass is 264 g/mol. The van der Waals surface area contributed by atoms with Crippen molar-refractivity contribution >= 4 is 5.97 Å². The maximum Gasteiger partial charge on any atom is 0.306 e. The lowest BCUT2D eigenvalue weighted by Crippen LogP contribution is -2.34. The van der Waals surface area contributed by atoms with Gasteiger partial charge in [0.05, 0.1) is 5.92 Å². The molecule has 0 bridgehead atoms. The molecule has 0 amide bonds. The molecule has 1 aromatic rings. The largest absolute Gasteiger partial charge is 0.481 e. The zero-order chi connectivity index (χ0) is 14.0. The van der Waals surface area contributed by atoms with Crippen LogP contribution < -0.4 is 0 Å². The Morgan fingerprint density at radius 1 is 1.58 bits per heavy atom. The highest BCUT2D eigenvalue weighted by molar-refractivity contribution is 5.70. The number of imidazole rings is 1. The highest BCUT2D eigenvalue weighted by atomic mass is 16.4. The second-order valence-corrected chi connectivity index (χ2v) is 6.60. The van der Waals surface area contributed by atoms with Crippen LogP contribution in [0.5, 0.6) is 0 Å². The predicted octanol–water partition coefficient (Wildman–Crippen LogP) is 2.88. The number of carbonyl (C=O) groups is 1. The molecule has 2 rings (SSSR count).